The minimum Gasteiger partial charge on any atom is -0.342 e. The van der Waals surface area contributed by atoms with Crippen molar-refractivity contribution >= 4 is 11.8 Å². The van der Waals surface area contributed by atoms with Crippen molar-refractivity contribution in [2.75, 3.05) is 19.6 Å². The van der Waals surface area contributed by atoms with Crippen LogP contribution in [0.3, 0.4) is 0 Å². The number of likely N-dealkylation sites (tertiary alicyclic amines) is 2. The molecule has 7 heteroatoms. The fraction of sp³-hybridized carbons (Fsp3) is 0.750. The highest BCUT2D eigenvalue weighted by Gasteiger charge is 2.43. The first-order valence-corrected chi connectivity index (χ1v) is 8.50. The molecule has 0 unspecified atom stereocenters. The van der Waals surface area contributed by atoms with Crippen LogP contribution in [0.1, 0.15) is 49.7 Å². The molecule has 23 heavy (non-hydrogen) atoms. The lowest BCUT2D eigenvalue weighted by atomic mass is 9.95. The molecule has 3 heterocycles. The molecule has 4 rings (SSSR count). The first-order chi connectivity index (χ1) is 11.1. The van der Waals surface area contributed by atoms with E-state index in [1.54, 1.807) is 6.92 Å². The standard InChI is InChI=1S/C16H22N4O3/c1-10-17-15(18-23-10)11-3-2-6-19(8-11)16(22)12-7-14(21)20(9-12)13-4-5-13/h11-13H,2-9H2,1H3/t11-,12-/m0/s1. The normalized spacial score (nSPS) is 28.5. The van der Waals surface area contributed by atoms with Gasteiger partial charge in [-0.25, -0.2) is 0 Å². The van der Waals surface area contributed by atoms with E-state index >= 15 is 0 Å². The SMILES string of the molecule is Cc1nc([C@H]2CCCN(C(=O)[C@H]3CC(=O)N(C4CC4)C3)C2)no1. The molecule has 3 fully saturated rings. The molecule has 0 N–H and O–H groups in total. The maximum atomic E-state index is 12.8. The summed E-state index contributed by atoms with van der Waals surface area (Å²) < 4.78 is 5.06. The van der Waals surface area contributed by atoms with Crippen LogP contribution >= 0.6 is 0 Å². The number of hydrogen-bond acceptors (Lipinski definition) is 5. The molecule has 3 aliphatic rings. The third-order valence-corrected chi connectivity index (χ3v) is 5.14. The maximum Gasteiger partial charge on any atom is 0.228 e. The number of carbonyl (C=O) groups is 2. The van der Waals surface area contributed by atoms with Gasteiger partial charge in [0.2, 0.25) is 17.7 Å². The smallest absolute Gasteiger partial charge is 0.228 e. The summed E-state index contributed by atoms with van der Waals surface area (Å²) in [6.45, 7) is 3.77. The van der Waals surface area contributed by atoms with E-state index in [4.69, 9.17) is 4.52 Å². The predicted octanol–water partition coefficient (Wildman–Crippen LogP) is 1.09. The van der Waals surface area contributed by atoms with E-state index in [0.717, 1.165) is 32.2 Å². The van der Waals surface area contributed by atoms with Crippen LogP contribution in [0.25, 0.3) is 0 Å². The van der Waals surface area contributed by atoms with E-state index in [9.17, 15) is 9.59 Å². The number of rotatable bonds is 3. The van der Waals surface area contributed by atoms with Crippen molar-refractivity contribution in [3.05, 3.63) is 11.7 Å². The van der Waals surface area contributed by atoms with Crippen LogP contribution in [-0.2, 0) is 9.59 Å². The van der Waals surface area contributed by atoms with Crippen molar-refractivity contribution in [1.29, 1.82) is 0 Å². The van der Waals surface area contributed by atoms with Gasteiger partial charge in [0.05, 0.1) is 5.92 Å². The van der Waals surface area contributed by atoms with Crippen molar-refractivity contribution < 1.29 is 14.1 Å². The van der Waals surface area contributed by atoms with Crippen LogP contribution in [0, 0.1) is 12.8 Å². The van der Waals surface area contributed by atoms with Gasteiger partial charge in [-0.05, 0) is 25.7 Å². The van der Waals surface area contributed by atoms with Crippen LogP contribution in [0.2, 0.25) is 0 Å². The van der Waals surface area contributed by atoms with Crippen LogP contribution in [0.15, 0.2) is 4.52 Å². The number of amides is 2. The van der Waals surface area contributed by atoms with Gasteiger partial charge in [0.25, 0.3) is 0 Å². The molecular weight excluding hydrogens is 296 g/mol. The highest BCUT2D eigenvalue weighted by atomic mass is 16.5. The quantitative estimate of drug-likeness (QED) is 0.833. The average molecular weight is 318 g/mol. The first kappa shape index (κ1) is 14.7. The molecule has 1 aromatic rings. The molecule has 2 aliphatic heterocycles. The monoisotopic (exact) mass is 318 g/mol. The van der Waals surface area contributed by atoms with Gasteiger partial charge in [-0.1, -0.05) is 5.16 Å². The van der Waals surface area contributed by atoms with Gasteiger partial charge >= 0.3 is 0 Å². The van der Waals surface area contributed by atoms with E-state index < -0.39 is 0 Å². The molecule has 0 spiro atoms. The van der Waals surface area contributed by atoms with Crippen LogP contribution in [0.5, 0.6) is 0 Å². The number of aryl methyl sites for hydroxylation is 1. The molecule has 0 radical (unpaired) electrons. The molecule has 7 nitrogen and oxygen atoms in total. The molecule has 124 valence electrons. The van der Waals surface area contributed by atoms with Gasteiger partial charge in [0.15, 0.2) is 5.82 Å². The Morgan fingerprint density at radius 3 is 2.78 bits per heavy atom. The van der Waals surface area contributed by atoms with E-state index in [2.05, 4.69) is 10.1 Å². The number of piperidine rings is 1. The van der Waals surface area contributed by atoms with Gasteiger partial charge in [-0.3, -0.25) is 9.59 Å². The summed E-state index contributed by atoms with van der Waals surface area (Å²) in [4.78, 5) is 33.0. The van der Waals surface area contributed by atoms with Crippen molar-refractivity contribution in [3.63, 3.8) is 0 Å². The topological polar surface area (TPSA) is 79.5 Å². The lowest BCUT2D eigenvalue weighted by Crippen LogP contribution is -2.43. The lowest BCUT2D eigenvalue weighted by Gasteiger charge is -2.33. The zero-order valence-electron chi connectivity index (χ0n) is 13.4. The van der Waals surface area contributed by atoms with Gasteiger partial charge in [-0.15, -0.1) is 0 Å². The fourth-order valence-electron chi connectivity index (χ4n) is 3.76. The summed E-state index contributed by atoms with van der Waals surface area (Å²) in [5.74, 6) is 1.49. The zero-order chi connectivity index (χ0) is 16.0. The van der Waals surface area contributed by atoms with Crippen molar-refractivity contribution in [2.24, 2.45) is 5.92 Å². The molecular formula is C16H22N4O3. The Hall–Kier alpha value is -1.92. The minimum atomic E-state index is -0.172. The molecule has 0 bridgehead atoms. The average Bonchev–Trinajstić information content (AvgIpc) is 3.19. The predicted molar refractivity (Wildman–Crippen MR) is 80.4 cm³/mol. The largest absolute Gasteiger partial charge is 0.342 e. The third kappa shape index (κ3) is 2.84. The first-order valence-electron chi connectivity index (χ1n) is 8.50. The third-order valence-electron chi connectivity index (χ3n) is 5.14. The highest BCUT2D eigenvalue weighted by Crippen LogP contribution is 2.34. The minimum absolute atomic E-state index is 0.117. The molecule has 1 aliphatic carbocycles. The Morgan fingerprint density at radius 1 is 1.26 bits per heavy atom. The second-order valence-corrected chi connectivity index (χ2v) is 6.97. The molecule has 1 aromatic heterocycles. The Morgan fingerprint density at radius 2 is 2.09 bits per heavy atom. The summed E-state index contributed by atoms with van der Waals surface area (Å²) in [5, 5.41) is 4.00. The van der Waals surface area contributed by atoms with Crippen molar-refractivity contribution in [2.45, 2.75) is 51.0 Å². The van der Waals surface area contributed by atoms with Crippen LogP contribution in [0.4, 0.5) is 0 Å². The summed E-state index contributed by atoms with van der Waals surface area (Å²) in [7, 11) is 0. The zero-order valence-corrected chi connectivity index (χ0v) is 13.4. The number of aromatic nitrogens is 2. The molecule has 0 aromatic carbocycles. The molecule has 2 atom stereocenters. The number of carbonyl (C=O) groups excluding carboxylic acids is 2. The van der Waals surface area contributed by atoms with E-state index in [1.807, 2.05) is 9.80 Å². The lowest BCUT2D eigenvalue weighted by molar-refractivity contribution is -0.137. The summed E-state index contributed by atoms with van der Waals surface area (Å²) >= 11 is 0. The second-order valence-electron chi connectivity index (χ2n) is 6.97. The molecule has 2 saturated heterocycles. The molecule has 2 amide bonds. The van der Waals surface area contributed by atoms with E-state index in [1.165, 1.54) is 0 Å². The van der Waals surface area contributed by atoms with Crippen molar-refractivity contribution in [3.8, 4) is 0 Å². The van der Waals surface area contributed by atoms with Gasteiger partial charge in [0, 0.05) is 44.9 Å². The van der Waals surface area contributed by atoms with Crippen LogP contribution < -0.4 is 0 Å². The van der Waals surface area contributed by atoms with Gasteiger partial charge in [-0.2, -0.15) is 4.98 Å². The fourth-order valence-corrected chi connectivity index (χ4v) is 3.76. The summed E-state index contributed by atoms with van der Waals surface area (Å²) in [5.41, 5.74) is 0. The van der Waals surface area contributed by atoms with Crippen LogP contribution in [-0.4, -0.2) is 57.4 Å². The molecule has 1 saturated carbocycles. The Bertz CT molecular complexity index is 625. The summed E-state index contributed by atoms with van der Waals surface area (Å²) in [6.07, 6.45) is 4.47. The number of hydrogen-bond donors (Lipinski definition) is 0. The maximum absolute atomic E-state index is 12.8. The Balaban J connectivity index is 1.41. The Kier molecular flexibility index (Phi) is 3.58. The van der Waals surface area contributed by atoms with Gasteiger partial charge < -0.3 is 14.3 Å². The Labute approximate surface area is 135 Å². The van der Waals surface area contributed by atoms with Gasteiger partial charge in [0.1, 0.15) is 0 Å². The second kappa shape index (κ2) is 5.62. The van der Waals surface area contributed by atoms with E-state index in [0.29, 0.717) is 37.3 Å². The summed E-state index contributed by atoms with van der Waals surface area (Å²) in [6, 6.07) is 0.400. The van der Waals surface area contributed by atoms with Crippen molar-refractivity contribution in [1.82, 2.24) is 19.9 Å². The number of nitrogens with zero attached hydrogens (tertiary/aromatic N) is 4. The van der Waals surface area contributed by atoms with E-state index in [-0.39, 0.29) is 23.7 Å². The highest BCUT2D eigenvalue weighted by molar-refractivity contribution is 5.89.